The predicted octanol–water partition coefficient (Wildman–Crippen LogP) is 3.69. The number of benzene rings is 1. The van der Waals surface area contributed by atoms with Crippen molar-refractivity contribution in [1.29, 1.82) is 0 Å². The second-order valence-corrected chi connectivity index (χ2v) is 4.86. The summed E-state index contributed by atoms with van der Waals surface area (Å²) in [5.74, 6) is 1.34. The number of fused-ring (bicyclic) bond motifs is 3. The maximum atomic E-state index is 5.31. The van der Waals surface area contributed by atoms with Crippen LogP contribution in [0, 0.1) is 5.92 Å². The molecular formula is C16H16O. The van der Waals surface area contributed by atoms with Crippen LogP contribution in [0.3, 0.4) is 0 Å². The fourth-order valence-electron chi connectivity index (χ4n) is 2.77. The van der Waals surface area contributed by atoms with Crippen molar-refractivity contribution in [3.05, 3.63) is 65.5 Å². The number of hydrogen-bond donors (Lipinski definition) is 0. The van der Waals surface area contributed by atoms with Gasteiger partial charge in [-0.2, -0.15) is 0 Å². The minimum Gasteiger partial charge on any atom is -0.497 e. The molecule has 2 aliphatic carbocycles. The second kappa shape index (κ2) is 3.63. The predicted molar refractivity (Wildman–Crippen MR) is 70.6 cm³/mol. The highest BCUT2D eigenvalue weighted by Crippen LogP contribution is 2.44. The van der Waals surface area contributed by atoms with Gasteiger partial charge in [0.2, 0.25) is 0 Å². The molecule has 2 atom stereocenters. The summed E-state index contributed by atoms with van der Waals surface area (Å²) < 4.78 is 5.31. The molecule has 17 heavy (non-hydrogen) atoms. The number of ether oxygens (including phenoxy) is 1. The van der Waals surface area contributed by atoms with E-state index < -0.39 is 0 Å². The molecule has 2 aliphatic rings. The smallest absolute Gasteiger partial charge is 0.115 e. The Hall–Kier alpha value is -1.76. The molecule has 1 aromatic carbocycles. The fourth-order valence-corrected chi connectivity index (χ4v) is 2.77. The van der Waals surface area contributed by atoms with Crippen molar-refractivity contribution in [3.63, 3.8) is 0 Å². The lowest BCUT2D eigenvalue weighted by molar-refractivity contribution is 0.295. The van der Waals surface area contributed by atoms with Crippen LogP contribution < -0.4 is 0 Å². The summed E-state index contributed by atoms with van der Waals surface area (Å²) >= 11 is 0. The third-order valence-corrected chi connectivity index (χ3v) is 3.89. The molecule has 0 aliphatic heterocycles. The molecule has 0 heterocycles. The highest BCUT2D eigenvalue weighted by atomic mass is 16.5. The van der Waals surface area contributed by atoms with Gasteiger partial charge in [-0.25, -0.2) is 0 Å². The molecule has 0 saturated heterocycles. The van der Waals surface area contributed by atoms with Gasteiger partial charge in [0.05, 0.1) is 7.11 Å². The Bertz CT molecular complexity index is 536. The SMILES string of the molecule is COC1=CC2C=Cc3ccccc3C2(C)C=C1. The summed E-state index contributed by atoms with van der Waals surface area (Å²) in [5.41, 5.74) is 2.79. The minimum absolute atomic E-state index is 0.0629. The van der Waals surface area contributed by atoms with Crippen molar-refractivity contribution in [1.82, 2.24) is 0 Å². The lowest BCUT2D eigenvalue weighted by Crippen LogP contribution is -2.32. The first-order chi connectivity index (χ1) is 8.24. The molecule has 0 N–H and O–H groups in total. The largest absolute Gasteiger partial charge is 0.497 e. The molecule has 1 heteroatoms. The van der Waals surface area contributed by atoms with Crippen molar-refractivity contribution in [2.24, 2.45) is 5.92 Å². The Balaban J connectivity index is 2.14. The summed E-state index contributed by atoms with van der Waals surface area (Å²) in [7, 11) is 1.72. The van der Waals surface area contributed by atoms with Crippen LogP contribution in [0.2, 0.25) is 0 Å². The first-order valence-electron chi connectivity index (χ1n) is 5.97. The summed E-state index contributed by atoms with van der Waals surface area (Å²) in [4.78, 5) is 0. The van der Waals surface area contributed by atoms with Crippen molar-refractivity contribution < 1.29 is 4.74 Å². The quantitative estimate of drug-likeness (QED) is 0.707. The first kappa shape index (κ1) is 10.4. The van der Waals surface area contributed by atoms with Gasteiger partial charge >= 0.3 is 0 Å². The Labute approximate surface area is 102 Å². The van der Waals surface area contributed by atoms with Crippen LogP contribution in [0.1, 0.15) is 18.1 Å². The Morgan fingerprint density at radius 1 is 1.18 bits per heavy atom. The zero-order chi connectivity index (χ0) is 11.9. The molecule has 3 rings (SSSR count). The van der Waals surface area contributed by atoms with E-state index in [1.54, 1.807) is 7.11 Å². The molecule has 0 bridgehead atoms. The number of methoxy groups -OCH3 is 1. The topological polar surface area (TPSA) is 9.23 Å². The number of allylic oxidation sites excluding steroid dienone is 4. The normalized spacial score (nSPS) is 29.3. The zero-order valence-corrected chi connectivity index (χ0v) is 10.2. The molecule has 86 valence electrons. The van der Waals surface area contributed by atoms with Crippen molar-refractivity contribution in [2.75, 3.05) is 7.11 Å². The van der Waals surface area contributed by atoms with Gasteiger partial charge in [0.25, 0.3) is 0 Å². The van der Waals surface area contributed by atoms with Gasteiger partial charge in [-0.05, 0) is 23.3 Å². The fraction of sp³-hybridized carbons (Fsp3) is 0.250. The Morgan fingerprint density at radius 2 is 2.00 bits per heavy atom. The first-order valence-corrected chi connectivity index (χ1v) is 5.97. The van der Waals surface area contributed by atoms with Gasteiger partial charge in [0, 0.05) is 11.3 Å². The lowest BCUT2D eigenvalue weighted by Gasteiger charge is -2.38. The molecule has 0 aromatic heterocycles. The average Bonchev–Trinajstić information content (AvgIpc) is 2.38. The molecule has 0 radical (unpaired) electrons. The monoisotopic (exact) mass is 224 g/mol. The maximum Gasteiger partial charge on any atom is 0.115 e. The molecule has 1 aromatic rings. The molecule has 0 spiro atoms. The standard InChI is InChI=1S/C16H16O/c1-16-10-9-14(17-2)11-13(16)8-7-12-5-3-4-6-15(12)16/h3-11,13H,1-2H3. The van der Waals surface area contributed by atoms with Gasteiger partial charge in [-0.3, -0.25) is 0 Å². The van der Waals surface area contributed by atoms with Gasteiger partial charge < -0.3 is 4.74 Å². The van der Waals surface area contributed by atoms with Crippen LogP contribution in [-0.4, -0.2) is 7.11 Å². The van der Waals surface area contributed by atoms with Crippen molar-refractivity contribution >= 4 is 6.08 Å². The Morgan fingerprint density at radius 3 is 2.82 bits per heavy atom. The van der Waals surface area contributed by atoms with Gasteiger partial charge in [0.15, 0.2) is 0 Å². The van der Waals surface area contributed by atoms with Crippen LogP contribution in [-0.2, 0) is 10.2 Å². The van der Waals surface area contributed by atoms with E-state index in [9.17, 15) is 0 Å². The second-order valence-electron chi connectivity index (χ2n) is 4.86. The van der Waals surface area contributed by atoms with E-state index in [4.69, 9.17) is 4.74 Å². The van der Waals surface area contributed by atoms with Crippen LogP contribution in [0.15, 0.2) is 54.3 Å². The van der Waals surface area contributed by atoms with Crippen molar-refractivity contribution in [3.8, 4) is 0 Å². The Kier molecular flexibility index (Phi) is 2.22. The molecular weight excluding hydrogens is 208 g/mol. The van der Waals surface area contributed by atoms with E-state index in [2.05, 4.69) is 61.6 Å². The lowest BCUT2D eigenvalue weighted by atomic mass is 9.65. The summed E-state index contributed by atoms with van der Waals surface area (Å²) in [6.07, 6.45) is 11.0. The molecule has 2 unspecified atom stereocenters. The summed E-state index contributed by atoms with van der Waals surface area (Å²) in [6.45, 7) is 2.29. The third-order valence-electron chi connectivity index (χ3n) is 3.89. The van der Waals surface area contributed by atoms with E-state index in [-0.39, 0.29) is 5.41 Å². The van der Waals surface area contributed by atoms with E-state index in [1.807, 2.05) is 0 Å². The highest BCUT2D eigenvalue weighted by Gasteiger charge is 2.36. The van der Waals surface area contributed by atoms with Gasteiger partial charge in [-0.15, -0.1) is 0 Å². The van der Waals surface area contributed by atoms with E-state index in [1.165, 1.54) is 11.1 Å². The molecule has 0 fully saturated rings. The zero-order valence-electron chi connectivity index (χ0n) is 10.2. The molecule has 0 saturated carbocycles. The van der Waals surface area contributed by atoms with E-state index >= 15 is 0 Å². The van der Waals surface area contributed by atoms with Crippen LogP contribution in [0.4, 0.5) is 0 Å². The van der Waals surface area contributed by atoms with Gasteiger partial charge in [-0.1, -0.05) is 49.4 Å². The maximum absolute atomic E-state index is 5.31. The molecule has 1 nitrogen and oxygen atoms in total. The van der Waals surface area contributed by atoms with Crippen LogP contribution in [0.25, 0.3) is 6.08 Å². The number of rotatable bonds is 1. The van der Waals surface area contributed by atoms with E-state index in [0.29, 0.717) is 5.92 Å². The number of hydrogen-bond acceptors (Lipinski definition) is 1. The van der Waals surface area contributed by atoms with Crippen molar-refractivity contribution in [2.45, 2.75) is 12.3 Å². The average molecular weight is 224 g/mol. The highest BCUT2D eigenvalue weighted by molar-refractivity contribution is 5.63. The molecule has 0 amide bonds. The summed E-state index contributed by atoms with van der Waals surface area (Å²) in [5, 5.41) is 0. The van der Waals surface area contributed by atoms with E-state index in [0.717, 1.165) is 5.76 Å². The summed E-state index contributed by atoms with van der Waals surface area (Å²) in [6, 6.07) is 8.61. The van der Waals surface area contributed by atoms with Gasteiger partial charge in [0.1, 0.15) is 5.76 Å². The van der Waals surface area contributed by atoms with Crippen LogP contribution >= 0.6 is 0 Å². The third kappa shape index (κ3) is 1.46. The van der Waals surface area contributed by atoms with Crippen LogP contribution in [0.5, 0.6) is 0 Å². The minimum atomic E-state index is 0.0629.